The minimum atomic E-state index is -0.292. The van der Waals surface area contributed by atoms with Crippen molar-refractivity contribution in [2.75, 3.05) is 33.8 Å². The number of likely N-dealkylation sites (N-methyl/N-ethyl adjacent to an activating group) is 2. The van der Waals surface area contributed by atoms with Crippen LogP contribution in [0.1, 0.15) is 24.0 Å². The van der Waals surface area contributed by atoms with Gasteiger partial charge in [0.05, 0.1) is 0 Å². The summed E-state index contributed by atoms with van der Waals surface area (Å²) in [4.78, 5) is 4.65. The molecule has 1 aliphatic heterocycles. The van der Waals surface area contributed by atoms with Crippen LogP contribution in [0.2, 0.25) is 0 Å². The Kier molecular flexibility index (Phi) is 5.75. The molecule has 1 heterocycles. The van der Waals surface area contributed by atoms with Crippen LogP contribution in [0.25, 0.3) is 0 Å². The third-order valence-electron chi connectivity index (χ3n) is 4.01. The van der Waals surface area contributed by atoms with E-state index in [1.54, 1.807) is 6.07 Å². The van der Waals surface area contributed by atoms with Gasteiger partial charge in [-0.2, -0.15) is 0 Å². The largest absolute Gasteiger partial charge is 0.384 e. The predicted molar refractivity (Wildman–Crippen MR) is 82.3 cm³/mol. The third-order valence-corrected chi connectivity index (χ3v) is 4.01. The fourth-order valence-electron chi connectivity index (χ4n) is 2.86. The predicted octanol–water partition coefficient (Wildman–Crippen LogP) is 1.70. The second-order valence-electron chi connectivity index (χ2n) is 5.73. The highest BCUT2D eigenvalue weighted by Crippen LogP contribution is 2.17. The summed E-state index contributed by atoms with van der Waals surface area (Å²) < 4.78 is 13.3. The van der Waals surface area contributed by atoms with E-state index in [0.29, 0.717) is 11.6 Å². The SMILES string of the molecule is CN(Cc1ccc(F)cc1C#CCO)CC1CCCN1C. The van der Waals surface area contributed by atoms with Crippen molar-refractivity contribution in [3.05, 3.63) is 35.1 Å². The summed E-state index contributed by atoms with van der Waals surface area (Å²) in [6, 6.07) is 5.29. The average Bonchev–Trinajstić information content (AvgIpc) is 2.84. The summed E-state index contributed by atoms with van der Waals surface area (Å²) in [5, 5.41) is 8.81. The number of benzene rings is 1. The van der Waals surface area contributed by atoms with Crippen molar-refractivity contribution in [1.82, 2.24) is 9.80 Å². The van der Waals surface area contributed by atoms with Gasteiger partial charge in [-0.25, -0.2) is 4.39 Å². The van der Waals surface area contributed by atoms with Gasteiger partial charge in [-0.15, -0.1) is 0 Å². The molecular formula is C17H23FN2O. The van der Waals surface area contributed by atoms with Gasteiger partial charge in [0.2, 0.25) is 0 Å². The Morgan fingerprint density at radius 1 is 1.48 bits per heavy atom. The van der Waals surface area contributed by atoms with E-state index in [4.69, 9.17) is 5.11 Å². The number of hydrogen-bond donors (Lipinski definition) is 1. The van der Waals surface area contributed by atoms with Crippen LogP contribution in [-0.2, 0) is 6.54 Å². The number of rotatable bonds is 4. The number of nitrogens with zero attached hydrogens (tertiary/aromatic N) is 2. The van der Waals surface area contributed by atoms with Crippen LogP contribution in [-0.4, -0.2) is 54.7 Å². The molecule has 3 nitrogen and oxygen atoms in total. The van der Waals surface area contributed by atoms with Gasteiger partial charge < -0.3 is 14.9 Å². The Morgan fingerprint density at radius 2 is 2.29 bits per heavy atom. The van der Waals surface area contributed by atoms with E-state index in [9.17, 15) is 4.39 Å². The molecule has 1 unspecified atom stereocenters. The fraction of sp³-hybridized carbons (Fsp3) is 0.529. The number of halogens is 1. The maximum absolute atomic E-state index is 13.3. The lowest BCUT2D eigenvalue weighted by atomic mass is 10.1. The van der Waals surface area contributed by atoms with Gasteiger partial charge >= 0.3 is 0 Å². The molecule has 2 rings (SSSR count). The van der Waals surface area contributed by atoms with E-state index < -0.39 is 0 Å². The summed E-state index contributed by atoms with van der Waals surface area (Å²) in [6.07, 6.45) is 2.50. The van der Waals surface area contributed by atoms with E-state index in [0.717, 1.165) is 18.7 Å². The molecule has 1 fully saturated rings. The molecule has 114 valence electrons. The Bertz CT molecular complexity index is 535. The molecule has 0 aromatic heterocycles. The highest BCUT2D eigenvalue weighted by molar-refractivity contribution is 5.41. The van der Waals surface area contributed by atoms with Crippen LogP contribution in [0.15, 0.2) is 18.2 Å². The molecule has 1 saturated heterocycles. The first-order valence-corrected chi connectivity index (χ1v) is 7.37. The molecule has 0 radical (unpaired) electrons. The lowest BCUT2D eigenvalue weighted by Crippen LogP contribution is -2.36. The van der Waals surface area contributed by atoms with Gasteiger partial charge in [0.15, 0.2) is 0 Å². The molecule has 21 heavy (non-hydrogen) atoms. The van der Waals surface area contributed by atoms with Gasteiger partial charge in [0.25, 0.3) is 0 Å². The summed E-state index contributed by atoms with van der Waals surface area (Å²) >= 11 is 0. The van der Waals surface area contributed by atoms with Crippen molar-refractivity contribution >= 4 is 0 Å². The zero-order valence-corrected chi connectivity index (χ0v) is 12.8. The first-order chi connectivity index (χ1) is 10.1. The number of aliphatic hydroxyl groups excluding tert-OH is 1. The van der Waals surface area contributed by atoms with E-state index in [1.165, 1.54) is 31.5 Å². The first-order valence-electron chi connectivity index (χ1n) is 7.37. The van der Waals surface area contributed by atoms with Crippen LogP contribution in [0, 0.1) is 17.7 Å². The lowest BCUT2D eigenvalue weighted by molar-refractivity contribution is 0.215. The van der Waals surface area contributed by atoms with Crippen LogP contribution in [0.3, 0.4) is 0 Å². The van der Waals surface area contributed by atoms with Crippen molar-refractivity contribution in [3.8, 4) is 11.8 Å². The molecule has 0 spiro atoms. The maximum Gasteiger partial charge on any atom is 0.124 e. The van der Waals surface area contributed by atoms with Gasteiger partial charge in [0.1, 0.15) is 12.4 Å². The highest BCUT2D eigenvalue weighted by Gasteiger charge is 2.22. The molecule has 1 N–H and O–H groups in total. The Hall–Kier alpha value is -1.41. The number of likely N-dealkylation sites (tertiary alicyclic amines) is 1. The Labute approximate surface area is 126 Å². The molecular weight excluding hydrogens is 267 g/mol. The molecule has 4 heteroatoms. The minimum absolute atomic E-state index is 0.210. The summed E-state index contributed by atoms with van der Waals surface area (Å²) in [7, 11) is 4.25. The van der Waals surface area contributed by atoms with Gasteiger partial charge in [0, 0.05) is 24.7 Å². The maximum atomic E-state index is 13.3. The Balaban J connectivity index is 2.04. The average molecular weight is 290 g/mol. The quantitative estimate of drug-likeness (QED) is 0.855. The van der Waals surface area contributed by atoms with Gasteiger partial charge in [-0.3, -0.25) is 0 Å². The van der Waals surface area contributed by atoms with Crippen LogP contribution < -0.4 is 0 Å². The van der Waals surface area contributed by atoms with E-state index >= 15 is 0 Å². The standard InChI is InChI=1S/C17H23FN2O/c1-19(13-17-6-3-9-20(17)2)12-15-7-8-16(18)11-14(15)5-4-10-21/h7-8,11,17,21H,3,6,9-10,12-13H2,1-2H3. The van der Waals surface area contributed by atoms with E-state index in [-0.39, 0.29) is 12.4 Å². The van der Waals surface area contributed by atoms with Crippen LogP contribution in [0.4, 0.5) is 4.39 Å². The minimum Gasteiger partial charge on any atom is -0.384 e. The van der Waals surface area contributed by atoms with Crippen molar-refractivity contribution in [2.45, 2.75) is 25.4 Å². The van der Waals surface area contributed by atoms with Crippen LogP contribution >= 0.6 is 0 Å². The summed E-state index contributed by atoms with van der Waals surface area (Å²) in [5.41, 5.74) is 1.66. The van der Waals surface area contributed by atoms with Gasteiger partial charge in [-0.1, -0.05) is 17.9 Å². The van der Waals surface area contributed by atoms with E-state index in [2.05, 4.69) is 35.7 Å². The smallest absolute Gasteiger partial charge is 0.124 e. The second kappa shape index (κ2) is 7.56. The van der Waals surface area contributed by atoms with Crippen LogP contribution in [0.5, 0.6) is 0 Å². The molecule has 1 aliphatic rings. The van der Waals surface area contributed by atoms with Crippen molar-refractivity contribution < 1.29 is 9.50 Å². The van der Waals surface area contributed by atoms with Crippen molar-refractivity contribution in [3.63, 3.8) is 0 Å². The molecule has 0 aliphatic carbocycles. The highest BCUT2D eigenvalue weighted by atomic mass is 19.1. The summed E-state index contributed by atoms with van der Waals surface area (Å²) in [5.74, 6) is 5.14. The first kappa shape index (κ1) is 16.0. The zero-order chi connectivity index (χ0) is 15.2. The van der Waals surface area contributed by atoms with Crippen molar-refractivity contribution in [2.24, 2.45) is 0 Å². The monoisotopic (exact) mass is 290 g/mol. The summed E-state index contributed by atoms with van der Waals surface area (Å²) in [6.45, 7) is 2.70. The third kappa shape index (κ3) is 4.53. The van der Waals surface area contributed by atoms with Crippen molar-refractivity contribution in [1.29, 1.82) is 0 Å². The molecule has 0 saturated carbocycles. The van der Waals surface area contributed by atoms with E-state index in [1.807, 2.05) is 0 Å². The van der Waals surface area contributed by atoms with Gasteiger partial charge in [-0.05, 0) is 51.2 Å². The number of aliphatic hydroxyl groups is 1. The fourth-order valence-corrected chi connectivity index (χ4v) is 2.86. The Morgan fingerprint density at radius 3 is 2.95 bits per heavy atom. The molecule has 0 bridgehead atoms. The zero-order valence-electron chi connectivity index (χ0n) is 12.8. The molecule has 1 aromatic carbocycles. The lowest BCUT2D eigenvalue weighted by Gasteiger charge is -2.26. The topological polar surface area (TPSA) is 26.7 Å². The molecule has 1 aromatic rings. The normalized spacial score (nSPS) is 18.8. The molecule has 1 atom stereocenters. The second-order valence-corrected chi connectivity index (χ2v) is 5.73. The number of hydrogen-bond acceptors (Lipinski definition) is 3. The molecule has 0 amide bonds.